The number of rotatable bonds is 4. The predicted molar refractivity (Wildman–Crippen MR) is 80.7 cm³/mol. The highest BCUT2D eigenvalue weighted by atomic mass is 15.3. The van der Waals surface area contributed by atoms with Crippen LogP contribution < -0.4 is 0 Å². The van der Waals surface area contributed by atoms with E-state index < -0.39 is 0 Å². The summed E-state index contributed by atoms with van der Waals surface area (Å²) in [6.45, 7) is 2.78. The molecule has 5 nitrogen and oxygen atoms in total. The second-order valence-electron chi connectivity index (χ2n) is 5.04. The Morgan fingerprint density at radius 2 is 2.10 bits per heavy atom. The van der Waals surface area contributed by atoms with Crippen LogP contribution in [0.1, 0.15) is 24.1 Å². The Balaban J connectivity index is 2.08. The van der Waals surface area contributed by atoms with E-state index in [4.69, 9.17) is 5.26 Å². The van der Waals surface area contributed by atoms with Gasteiger partial charge in [0, 0.05) is 7.05 Å². The van der Waals surface area contributed by atoms with Crippen LogP contribution in [0.3, 0.4) is 0 Å². The Morgan fingerprint density at radius 1 is 1.29 bits per heavy atom. The maximum absolute atomic E-state index is 9.01. The Kier molecular flexibility index (Phi) is 3.44. The first-order chi connectivity index (χ1) is 10.2. The molecule has 21 heavy (non-hydrogen) atoms. The number of benzene rings is 1. The Labute approximate surface area is 123 Å². The molecule has 0 bridgehead atoms. The van der Waals surface area contributed by atoms with E-state index in [1.54, 1.807) is 0 Å². The second kappa shape index (κ2) is 5.41. The molecule has 5 heteroatoms. The van der Waals surface area contributed by atoms with Gasteiger partial charge in [-0.15, -0.1) is 0 Å². The van der Waals surface area contributed by atoms with E-state index in [1.165, 1.54) is 0 Å². The summed E-state index contributed by atoms with van der Waals surface area (Å²) < 4.78 is 4.01. The maximum atomic E-state index is 9.01. The highest BCUT2D eigenvalue weighted by Gasteiger charge is 2.12. The molecule has 1 aromatic carbocycles. The average Bonchev–Trinajstić information content (AvgIpc) is 3.02. The first-order valence-electron chi connectivity index (χ1n) is 7.05. The zero-order valence-electron chi connectivity index (χ0n) is 12.2. The minimum absolute atomic E-state index is 0.313. The molecular formula is C16H17N5. The van der Waals surface area contributed by atoms with Crippen LogP contribution in [-0.4, -0.2) is 19.3 Å². The SMILES string of the molecule is CCc1cc(Cn2c(CC#N)nc3ccccc32)n(C)n1. The number of fused-ring (bicyclic) bond motifs is 1. The molecule has 2 aromatic heterocycles. The summed E-state index contributed by atoms with van der Waals surface area (Å²) in [6, 6.07) is 12.3. The molecule has 0 amide bonds. The Bertz CT molecular complexity index is 819. The Hall–Kier alpha value is -2.61. The van der Waals surface area contributed by atoms with E-state index in [-0.39, 0.29) is 0 Å². The summed E-state index contributed by atoms with van der Waals surface area (Å²) in [5, 5.41) is 13.5. The van der Waals surface area contributed by atoms with Crippen molar-refractivity contribution in [1.82, 2.24) is 19.3 Å². The van der Waals surface area contributed by atoms with E-state index in [0.29, 0.717) is 13.0 Å². The van der Waals surface area contributed by atoms with Gasteiger partial charge in [0.1, 0.15) is 5.82 Å². The lowest BCUT2D eigenvalue weighted by molar-refractivity contribution is 0.656. The van der Waals surface area contributed by atoms with Crippen molar-refractivity contribution in [3.63, 3.8) is 0 Å². The number of hydrogen-bond donors (Lipinski definition) is 0. The van der Waals surface area contributed by atoms with Crippen molar-refractivity contribution < 1.29 is 0 Å². The standard InChI is InChI=1S/C16H17N5/c1-3-12-10-13(20(2)19-12)11-21-15-7-5-4-6-14(15)18-16(21)8-9-17/h4-7,10H,3,8,11H2,1-2H3. The van der Waals surface area contributed by atoms with Crippen molar-refractivity contribution in [3.05, 3.63) is 47.5 Å². The lowest BCUT2D eigenvalue weighted by atomic mass is 10.3. The van der Waals surface area contributed by atoms with Gasteiger partial charge >= 0.3 is 0 Å². The molecular weight excluding hydrogens is 262 g/mol. The molecule has 0 unspecified atom stereocenters. The molecule has 3 aromatic rings. The van der Waals surface area contributed by atoms with Gasteiger partial charge in [-0.1, -0.05) is 19.1 Å². The van der Waals surface area contributed by atoms with E-state index in [2.05, 4.69) is 33.7 Å². The fraction of sp³-hybridized carbons (Fsp3) is 0.312. The third-order valence-electron chi connectivity index (χ3n) is 3.68. The minimum Gasteiger partial charge on any atom is -0.321 e. The molecule has 0 radical (unpaired) electrons. The molecule has 0 aliphatic rings. The van der Waals surface area contributed by atoms with Crippen molar-refractivity contribution in [2.75, 3.05) is 0 Å². The minimum atomic E-state index is 0.313. The number of aryl methyl sites for hydroxylation is 2. The van der Waals surface area contributed by atoms with Gasteiger partial charge in [-0.05, 0) is 24.6 Å². The molecule has 0 atom stereocenters. The topological polar surface area (TPSA) is 59.4 Å². The summed E-state index contributed by atoms with van der Waals surface area (Å²) in [4.78, 5) is 4.57. The molecule has 0 fully saturated rings. The van der Waals surface area contributed by atoms with Gasteiger partial charge < -0.3 is 4.57 Å². The molecule has 0 saturated heterocycles. The molecule has 106 valence electrons. The number of para-hydroxylation sites is 2. The third-order valence-corrected chi connectivity index (χ3v) is 3.68. The van der Waals surface area contributed by atoms with Gasteiger partial charge in [-0.25, -0.2) is 4.98 Å². The van der Waals surface area contributed by atoms with E-state index in [0.717, 1.165) is 34.7 Å². The summed E-state index contributed by atoms with van der Waals surface area (Å²) >= 11 is 0. The van der Waals surface area contributed by atoms with Crippen LogP contribution >= 0.6 is 0 Å². The van der Waals surface area contributed by atoms with Crippen LogP contribution in [0.25, 0.3) is 11.0 Å². The first-order valence-corrected chi connectivity index (χ1v) is 7.05. The lowest BCUT2D eigenvalue weighted by Gasteiger charge is -2.07. The number of nitrogens with zero attached hydrogens (tertiary/aromatic N) is 5. The van der Waals surface area contributed by atoms with Gasteiger partial charge in [0.05, 0.1) is 41.5 Å². The van der Waals surface area contributed by atoms with Crippen molar-refractivity contribution in [1.29, 1.82) is 5.26 Å². The van der Waals surface area contributed by atoms with Gasteiger partial charge in [-0.3, -0.25) is 4.68 Å². The van der Waals surface area contributed by atoms with Crippen LogP contribution in [0.5, 0.6) is 0 Å². The molecule has 3 rings (SSSR count). The smallest absolute Gasteiger partial charge is 0.124 e. The fourth-order valence-corrected chi connectivity index (χ4v) is 2.56. The van der Waals surface area contributed by atoms with Gasteiger partial charge in [0.25, 0.3) is 0 Å². The molecule has 0 saturated carbocycles. The summed E-state index contributed by atoms with van der Waals surface area (Å²) in [5.74, 6) is 0.804. The van der Waals surface area contributed by atoms with Crippen molar-refractivity contribution >= 4 is 11.0 Å². The highest BCUT2D eigenvalue weighted by molar-refractivity contribution is 5.76. The van der Waals surface area contributed by atoms with Crippen molar-refractivity contribution in [3.8, 4) is 6.07 Å². The molecule has 0 spiro atoms. The zero-order chi connectivity index (χ0) is 14.8. The summed E-state index contributed by atoms with van der Waals surface area (Å²) in [7, 11) is 1.96. The summed E-state index contributed by atoms with van der Waals surface area (Å²) in [6.07, 6.45) is 1.23. The number of aromatic nitrogens is 4. The summed E-state index contributed by atoms with van der Waals surface area (Å²) in [5.41, 5.74) is 4.19. The molecule has 0 aliphatic carbocycles. The number of imidazole rings is 1. The van der Waals surface area contributed by atoms with E-state index >= 15 is 0 Å². The second-order valence-corrected chi connectivity index (χ2v) is 5.04. The highest BCUT2D eigenvalue weighted by Crippen LogP contribution is 2.18. The lowest BCUT2D eigenvalue weighted by Crippen LogP contribution is -2.08. The largest absolute Gasteiger partial charge is 0.321 e. The van der Waals surface area contributed by atoms with Gasteiger partial charge in [-0.2, -0.15) is 10.4 Å². The van der Waals surface area contributed by atoms with Gasteiger partial charge in [0.2, 0.25) is 0 Å². The molecule has 2 heterocycles. The normalized spacial score (nSPS) is 10.9. The monoisotopic (exact) mass is 279 g/mol. The van der Waals surface area contributed by atoms with Crippen LogP contribution in [-0.2, 0) is 26.4 Å². The first kappa shape index (κ1) is 13.4. The number of hydrogen-bond acceptors (Lipinski definition) is 3. The van der Waals surface area contributed by atoms with Crippen LogP contribution in [0, 0.1) is 11.3 Å². The van der Waals surface area contributed by atoms with Crippen LogP contribution in [0.15, 0.2) is 30.3 Å². The van der Waals surface area contributed by atoms with Gasteiger partial charge in [0.15, 0.2) is 0 Å². The fourth-order valence-electron chi connectivity index (χ4n) is 2.56. The van der Waals surface area contributed by atoms with Crippen molar-refractivity contribution in [2.24, 2.45) is 7.05 Å². The molecule has 0 aliphatic heterocycles. The third kappa shape index (κ3) is 2.40. The zero-order valence-corrected chi connectivity index (χ0v) is 12.2. The van der Waals surface area contributed by atoms with Crippen LogP contribution in [0.2, 0.25) is 0 Å². The number of nitriles is 1. The van der Waals surface area contributed by atoms with E-state index in [9.17, 15) is 0 Å². The predicted octanol–water partition coefficient (Wildman–Crippen LogP) is 2.45. The quantitative estimate of drug-likeness (QED) is 0.737. The van der Waals surface area contributed by atoms with Crippen molar-refractivity contribution in [2.45, 2.75) is 26.3 Å². The average molecular weight is 279 g/mol. The van der Waals surface area contributed by atoms with E-state index in [1.807, 2.05) is 36.0 Å². The molecule has 0 N–H and O–H groups in total. The Morgan fingerprint density at radius 3 is 2.81 bits per heavy atom. The van der Waals surface area contributed by atoms with Crippen LogP contribution in [0.4, 0.5) is 0 Å². The maximum Gasteiger partial charge on any atom is 0.124 e.